The van der Waals surface area contributed by atoms with E-state index < -0.39 is 0 Å². The number of hydrogen-bond acceptors (Lipinski definition) is 3. The highest BCUT2D eigenvalue weighted by Gasteiger charge is 2.28. The number of likely N-dealkylation sites (N-methyl/N-ethyl adjacent to an activating group) is 1. The topological polar surface area (TPSA) is 35.6 Å². The lowest BCUT2D eigenvalue weighted by Crippen LogP contribution is -2.51. The van der Waals surface area contributed by atoms with Crippen molar-refractivity contribution < 1.29 is 4.79 Å². The molecular weight excluding hydrogens is 226 g/mol. The first-order chi connectivity index (χ1) is 8.62. The van der Waals surface area contributed by atoms with Gasteiger partial charge >= 0.3 is 0 Å². The van der Waals surface area contributed by atoms with Crippen molar-refractivity contribution in [2.24, 2.45) is 5.92 Å². The molecule has 4 nitrogen and oxygen atoms in total. The summed E-state index contributed by atoms with van der Waals surface area (Å²) in [7, 11) is 1.88. The van der Waals surface area contributed by atoms with Crippen molar-refractivity contribution in [1.82, 2.24) is 15.1 Å². The fraction of sp³-hybridized carbons (Fsp3) is 0.929. The van der Waals surface area contributed by atoms with Gasteiger partial charge in [-0.15, -0.1) is 0 Å². The maximum absolute atomic E-state index is 11.9. The van der Waals surface area contributed by atoms with Gasteiger partial charge in [-0.3, -0.25) is 9.69 Å². The molecule has 1 heterocycles. The lowest BCUT2D eigenvalue weighted by atomic mass is 9.90. The van der Waals surface area contributed by atoms with E-state index in [0.717, 1.165) is 32.6 Å². The third-order valence-electron chi connectivity index (χ3n) is 4.07. The normalized spacial score (nSPS) is 25.1. The van der Waals surface area contributed by atoms with Crippen molar-refractivity contribution in [2.45, 2.75) is 39.7 Å². The third-order valence-corrected chi connectivity index (χ3v) is 4.07. The molecule has 0 saturated carbocycles. The summed E-state index contributed by atoms with van der Waals surface area (Å²) >= 11 is 0. The Bertz CT molecular complexity index is 257. The minimum Gasteiger partial charge on any atom is -0.345 e. The van der Waals surface area contributed by atoms with Gasteiger partial charge in [0.25, 0.3) is 0 Å². The average Bonchev–Trinajstić information content (AvgIpc) is 2.39. The molecule has 1 rings (SSSR count). The van der Waals surface area contributed by atoms with E-state index in [-0.39, 0.29) is 5.91 Å². The Hall–Kier alpha value is -0.610. The molecule has 0 spiro atoms. The van der Waals surface area contributed by atoms with Gasteiger partial charge in [-0.05, 0) is 25.8 Å². The van der Waals surface area contributed by atoms with E-state index >= 15 is 0 Å². The van der Waals surface area contributed by atoms with Crippen molar-refractivity contribution >= 4 is 5.91 Å². The van der Waals surface area contributed by atoms with E-state index in [2.05, 4.69) is 24.1 Å². The predicted molar refractivity (Wildman–Crippen MR) is 75.6 cm³/mol. The highest BCUT2D eigenvalue weighted by atomic mass is 16.2. The van der Waals surface area contributed by atoms with Gasteiger partial charge in [0.15, 0.2) is 0 Å². The minimum atomic E-state index is 0.245. The van der Waals surface area contributed by atoms with Crippen molar-refractivity contribution in [3.05, 3.63) is 0 Å². The quantitative estimate of drug-likeness (QED) is 0.774. The van der Waals surface area contributed by atoms with Gasteiger partial charge in [-0.25, -0.2) is 0 Å². The summed E-state index contributed by atoms with van der Waals surface area (Å²) in [5, 5.41) is 3.57. The van der Waals surface area contributed by atoms with Crippen LogP contribution in [-0.2, 0) is 4.79 Å². The Kier molecular flexibility index (Phi) is 6.65. The van der Waals surface area contributed by atoms with Crippen LogP contribution in [0.3, 0.4) is 0 Å². The smallest absolute Gasteiger partial charge is 0.236 e. The molecule has 1 N–H and O–H groups in total. The molecule has 0 aromatic rings. The summed E-state index contributed by atoms with van der Waals surface area (Å²) in [4.78, 5) is 16.0. The second-order valence-electron chi connectivity index (χ2n) is 5.26. The van der Waals surface area contributed by atoms with Crippen LogP contribution in [0.25, 0.3) is 0 Å². The lowest BCUT2D eigenvalue weighted by Gasteiger charge is -2.38. The van der Waals surface area contributed by atoms with Crippen LogP contribution in [0.1, 0.15) is 33.6 Å². The van der Waals surface area contributed by atoms with Crippen molar-refractivity contribution in [3.8, 4) is 0 Å². The van der Waals surface area contributed by atoms with Crippen LogP contribution in [0.5, 0.6) is 0 Å². The van der Waals surface area contributed by atoms with E-state index in [9.17, 15) is 4.79 Å². The fourth-order valence-corrected chi connectivity index (χ4v) is 2.68. The second kappa shape index (κ2) is 7.74. The van der Waals surface area contributed by atoms with Crippen LogP contribution in [0.4, 0.5) is 0 Å². The Morgan fingerprint density at radius 1 is 1.39 bits per heavy atom. The van der Waals surface area contributed by atoms with E-state index in [1.54, 1.807) is 4.90 Å². The highest BCUT2D eigenvalue weighted by molar-refractivity contribution is 5.77. The number of likely N-dealkylation sites (tertiary alicyclic amines) is 1. The molecule has 106 valence electrons. The minimum absolute atomic E-state index is 0.245. The standard InChI is InChI=1S/C14H29N3O/c1-5-12-10-17(9-8-13(12)15-6-2)11-14(18)16(4)7-3/h12-13,15H,5-11H2,1-4H3. The Morgan fingerprint density at radius 3 is 2.67 bits per heavy atom. The molecule has 0 bridgehead atoms. The summed E-state index contributed by atoms with van der Waals surface area (Å²) < 4.78 is 0. The molecule has 1 amide bonds. The molecule has 2 atom stereocenters. The molecular formula is C14H29N3O. The molecule has 4 heteroatoms. The van der Waals surface area contributed by atoms with E-state index in [0.29, 0.717) is 18.5 Å². The Balaban J connectivity index is 2.44. The average molecular weight is 255 g/mol. The number of nitrogens with zero attached hydrogens (tertiary/aromatic N) is 2. The van der Waals surface area contributed by atoms with Gasteiger partial charge in [0.2, 0.25) is 5.91 Å². The van der Waals surface area contributed by atoms with Crippen LogP contribution in [0, 0.1) is 5.92 Å². The molecule has 0 aromatic heterocycles. The lowest BCUT2D eigenvalue weighted by molar-refractivity contribution is -0.131. The predicted octanol–water partition coefficient (Wildman–Crippen LogP) is 1.17. The number of piperidine rings is 1. The molecule has 1 fully saturated rings. The van der Waals surface area contributed by atoms with Gasteiger partial charge in [0.05, 0.1) is 6.54 Å². The van der Waals surface area contributed by atoms with Crippen LogP contribution in [0.2, 0.25) is 0 Å². The zero-order valence-corrected chi connectivity index (χ0v) is 12.4. The van der Waals surface area contributed by atoms with Crippen LogP contribution < -0.4 is 5.32 Å². The molecule has 0 aliphatic carbocycles. The number of nitrogens with one attached hydrogen (secondary N) is 1. The molecule has 18 heavy (non-hydrogen) atoms. The summed E-state index contributed by atoms with van der Waals surface area (Å²) in [6.45, 7) is 10.9. The summed E-state index contributed by atoms with van der Waals surface area (Å²) in [6, 6.07) is 0.634. The summed E-state index contributed by atoms with van der Waals surface area (Å²) in [5.41, 5.74) is 0. The maximum atomic E-state index is 11.9. The first-order valence-electron chi connectivity index (χ1n) is 7.32. The van der Waals surface area contributed by atoms with Crippen LogP contribution in [0.15, 0.2) is 0 Å². The van der Waals surface area contributed by atoms with E-state index in [4.69, 9.17) is 0 Å². The van der Waals surface area contributed by atoms with Gasteiger partial charge in [-0.2, -0.15) is 0 Å². The van der Waals surface area contributed by atoms with Crippen LogP contribution >= 0.6 is 0 Å². The number of rotatable bonds is 6. The fourth-order valence-electron chi connectivity index (χ4n) is 2.68. The molecule has 1 saturated heterocycles. The molecule has 0 aromatic carbocycles. The summed E-state index contributed by atoms with van der Waals surface area (Å²) in [5.74, 6) is 0.924. The summed E-state index contributed by atoms with van der Waals surface area (Å²) in [6.07, 6.45) is 2.35. The van der Waals surface area contributed by atoms with Crippen molar-refractivity contribution in [3.63, 3.8) is 0 Å². The SMILES string of the molecule is CCNC1CCN(CC(=O)N(C)CC)CC1CC. The maximum Gasteiger partial charge on any atom is 0.236 e. The highest BCUT2D eigenvalue weighted by Crippen LogP contribution is 2.20. The number of carbonyl (C=O) groups is 1. The van der Waals surface area contributed by atoms with E-state index in [1.165, 1.54) is 6.42 Å². The largest absolute Gasteiger partial charge is 0.345 e. The van der Waals surface area contributed by atoms with Gasteiger partial charge in [-0.1, -0.05) is 20.3 Å². The van der Waals surface area contributed by atoms with Crippen molar-refractivity contribution in [2.75, 3.05) is 39.8 Å². The number of carbonyl (C=O) groups excluding carboxylic acids is 1. The molecule has 1 aliphatic heterocycles. The van der Waals surface area contributed by atoms with Gasteiger partial charge < -0.3 is 10.2 Å². The molecule has 1 aliphatic rings. The zero-order valence-electron chi connectivity index (χ0n) is 12.4. The first kappa shape index (κ1) is 15.4. The number of hydrogen-bond donors (Lipinski definition) is 1. The Labute approximate surface area is 112 Å². The first-order valence-corrected chi connectivity index (χ1v) is 7.32. The zero-order chi connectivity index (χ0) is 13.5. The third kappa shape index (κ3) is 4.25. The number of amides is 1. The Morgan fingerprint density at radius 2 is 2.11 bits per heavy atom. The monoisotopic (exact) mass is 255 g/mol. The van der Waals surface area contributed by atoms with E-state index in [1.807, 2.05) is 14.0 Å². The van der Waals surface area contributed by atoms with Crippen LogP contribution in [-0.4, -0.2) is 61.5 Å². The molecule has 0 radical (unpaired) electrons. The molecule has 2 unspecified atom stereocenters. The second-order valence-corrected chi connectivity index (χ2v) is 5.26. The van der Waals surface area contributed by atoms with Crippen molar-refractivity contribution in [1.29, 1.82) is 0 Å². The van der Waals surface area contributed by atoms with Gasteiger partial charge in [0, 0.05) is 32.7 Å². The van der Waals surface area contributed by atoms with Gasteiger partial charge in [0.1, 0.15) is 0 Å².